The lowest BCUT2D eigenvalue weighted by atomic mass is 9.91. The van der Waals surface area contributed by atoms with Gasteiger partial charge in [-0.3, -0.25) is 0 Å². The Kier molecular flexibility index (Phi) is 3.63. The molecule has 2 heterocycles. The molecule has 2 aromatic heterocycles. The smallest absolute Gasteiger partial charge is 0.110 e. The predicted molar refractivity (Wildman–Crippen MR) is 120 cm³/mol. The second kappa shape index (κ2) is 6.26. The fourth-order valence-corrected chi connectivity index (χ4v) is 4.61. The number of imidazole rings is 1. The fraction of sp³-hybridized carbons (Fsp3) is 0.240. The van der Waals surface area contributed by atoms with Gasteiger partial charge in [-0.25, -0.2) is 9.67 Å². The molecular weight excluding hydrogens is 370 g/mol. The highest BCUT2D eigenvalue weighted by molar-refractivity contribution is 6.06. The van der Waals surface area contributed by atoms with Crippen LogP contribution in [0.4, 0.5) is 0 Å². The maximum absolute atomic E-state index is 4.99. The van der Waals surface area contributed by atoms with Gasteiger partial charge >= 0.3 is 0 Å². The van der Waals surface area contributed by atoms with Crippen LogP contribution in [0, 0.1) is 13.8 Å². The number of aryl methyl sites for hydroxylation is 3. The van der Waals surface area contributed by atoms with E-state index < -0.39 is 0 Å². The quantitative estimate of drug-likeness (QED) is 0.429. The Morgan fingerprint density at radius 3 is 2.63 bits per heavy atom. The van der Waals surface area contributed by atoms with Gasteiger partial charge in [-0.05, 0) is 60.7 Å². The minimum absolute atomic E-state index is 0.572. The highest BCUT2D eigenvalue weighted by Crippen LogP contribution is 2.43. The summed E-state index contributed by atoms with van der Waals surface area (Å²) in [5.41, 5.74) is 8.90. The number of hydrogen-bond donors (Lipinski definition) is 1. The number of rotatable bonds is 3. The molecular formula is C25H23N5. The van der Waals surface area contributed by atoms with Crippen molar-refractivity contribution < 1.29 is 0 Å². The summed E-state index contributed by atoms with van der Waals surface area (Å²) in [6.07, 6.45) is 2.44. The highest BCUT2D eigenvalue weighted by atomic mass is 15.4. The van der Waals surface area contributed by atoms with E-state index in [1.54, 1.807) is 0 Å². The maximum Gasteiger partial charge on any atom is 0.110 e. The van der Waals surface area contributed by atoms with Crippen molar-refractivity contribution in [1.29, 1.82) is 0 Å². The number of aromatic amines is 1. The van der Waals surface area contributed by atoms with E-state index in [-0.39, 0.29) is 0 Å². The molecule has 1 aliphatic carbocycles. The second-order valence-electron chi connectivity index (χ2n) is 8.44. The second-order valence-corrected chi connectivity index (χ2v) is 8.44. The zero-order valence-electron chi connectivity index (χ0n) is 17.4. The van der Waals surface area contributed by atoms with E-state index in [9.17, 15) is 0 Å². The minimum atomic E-state index is 0.572. The lowest BCUT2D eigenvalue weighted by Crippen LogP contribution is -1.96. The molecule has 1 fully saturated rings. The van der Waals surface area contributed by atoms with Crippen LogP contribution in [-0.4, -0.2) is 25.0 Å². The van der Waals surface area contributed by atoms with Gasteiger partial charge in [0, 0.05) is 24.1 Å². The van der Waals surface area contributed by atoms with Gasteiger partial charge in [-0.1, -0.05) is 41.6 Å². The highest BCUT2D eigenvalue weighted by Gasteiger charge is 2.28. The average Bonchev–Trinajstić information content (AvgIpc) is 3.42. The normalized spacial score (nSPS) is 14.1. The fourth-order valence-electron chi connectivity index (χ4n) is 4.61. The minimum Gasteiger partial charge on any atom is -0.341 e. The molecule has 6 rings (SSSR count). The van der Waals surface area contributed by atoms with Gasteiger partial charge in [-0.2, -0.15) is 0 Å². The van der Waals surface area contributed by atoms with Gasteiger partial charge < -0.3 is 4.98 Å². The molecule has 1 aliphatic rings. The summed E-state index contributed by atoms with van der Waals surface area (Å²) in [6, 6.07) is 17.5. The first kappa shape index (κ1) is 17.4. The molecule has 0 aliphatic heterocycles. The number of nitrogens with one attached hydrogen (secondary N) is 1. The van der Waals surface area contributed by atoms with E-state index in [0.717, 1.165) is 33.8 Å². The molecule has 5 aromatic rings. The molecule has 1 saturated carbocycles. The molecule has 3 aromatic carbocycles. The summed E-state index contributed by atoms with van der Waals surface area (Å²) in [5, 5.41) is 11.0. The third kappa shape index (κ3) is 2.58. The Morgan fingerprint density at radius 1 is 1.03 bits per heavy atom. The Bertz CT molecular complexity index is 1420. The number of H-pyrrole nitrogens is 1. The monoisotopic (exact) mass is 393 g/mol. The summed E-state index contributed by atoms with van der Waals surface area (Å²) in [6.45, 7) is 4.20. The van der Waals surface area contributed by atoms with E-state index >= 15 is 0 Å². The van der Waals surface area contributed by atoms with E-state index in [4.69, 9.17) is 4.98 Å². The summed E-state index contributed by atoms with van der Waals surface area (Å²) in [4.78, 5) is 8.66. The Morgan fingerprint density at radius 2 is 1.87 bits per heavy atom. The Balaban J connectivity index is 1.72. The zero-order chi connectivity index (χ0) is 20.4. The SMILES string of the molecule is Cc1ccc2ccccc2c1-c1cc(-c2c(C)nnn2C)cc2nc(C3CC3)[nH]c12. The van der Waals surface area contributed by atoms with Crippen LogP contribution in [0.5, 0.6) is 0 Å². The van der Waals surface area contributed by atoms with Gasteiger partial charge in [0.25, 0.3) is 0 Å². The van der Waals surface area contributed by atoms with Crippen LogP contribution in [0.1, 0.15) is 35.8 Å². The number of fused-ring (bicyclic) bond motifs is 2. The zero-order valence-corrected chi connectivity index (χ0v) is 17.4. The Hall–Kier alpha value is -3.47. The molecule has 0 atom stereocenters. The van der Waals surface area contributed by atoms with Crippen molar-refractivity contribution in [2.75, 3.05) is 0 Å². The van der Waals surface area contributed by atoms with Crippen LogP contribution in [-0.2, 0) is 7.05 Å². The summed E-state index contributed by atoms with van der Waals surface area (Å²) < 4.78 is 1.85. The summed E-state index contributed by atoms with van der Waals surface area (Å²) in [7, 11) is 1.95. The van der Waals surface area contributed by atoms with Gasteiger partial charge in [0.15, 0.2) is 0 Å². The molecule has 148 valence electrons. The van der Waals surface area contributed by atoms with Crippen molar-refractivity contribution in [1.82, 2.24) is 25.0 Å². The van der Waals surface area contributed by atoms with Crippen LogP contribution in [0.2, 0.25) is 0 Å². The molecule has 0 saturated heterocycles. The molecule has 1 N–H and O–H groups in total. The summed E-state index contributed by atoms with van der Waals surface area (Å²) in [5.74, 6) is 1.68. The molecule has 0 bridgehead atoms. The van der Waals surface area contributed by atoms with Crippen LogP contribution in [0.3, 0.4) is 0 Å². The van der Waals surface area contributed by atoms with Gasteiger partial charge in [-0.15, -0.1) is 5.10 Å². The van der Waals surface area contributed by atoms with Crippen LogP contribution in [0.15, 0.2) is 48.5 Å². The molecule has 0 radical (unpaired) electrons. The topological polar surface area (TPSA) is 59.4 Å². The van der Waals surface area contributed by atoms with E-state index in [0.29, 0.717) is 5.92 Å². The molecule has 0 amide bonds. The van der Waals surface area contributed by atoms with Crippen molar-refractivity contribution in [3.8, 4) is 22.4 Å². The third-order valence-corrected chi connectivity index (χ3v) is 6.25. The van der Waals surface area contributed by atoms with Gasteiger partial charge in [0.1, 0.15) is 5.82 Å². The van der Waals surface area contributed by atoms with E-state index in [2.05, 4.69) is 70.8 Å². The van der Waals surface area contributed by atoms with Crippen molar-refractivity contribution in [2.45, 2.75) is 32.6 Å². The molecule has 5 heteroatoms. The maximum atomic E-state index is 4.99. The largest absolute Gasteiger partial charge is 0.341 e. The Labute approximate surface area is 174 Å². The number of nitrogens with zero attached hydrogens (tertiary/aromatic N) is 4. The number of hydrogen-bond acceptors (Lipinski definition) is 3. The third-order valence-electron chi connectivity index (χ3n) is 6.25. The molecule has 0 spiro atoms. The molecule has 5 nitrogen and oxygen atoms in total. The van der Waals surface area contributed by atoms with Crippen molar-refractivity contribution >= 4 is 21.8 Å². The van der Waals surface area contributed by atoms with Crippen LogP contribution < -0.4 is 0 Å². The summed E-state index contributed by atoms with van der Waals surface area (Å²) >= 11 is 0. The number of benzene rings is 3. The first-order valence-corrected chi connectivity index (χ1v) is 10.5. The lowest BCUT2D eigenvalue weighted by molar-refractivity contribution is 0.719. The molecule has 0 unspecified atom stereocenters. The van der Waals surface area contributed by atoms with Crippen LogP contribution >= 0.6 is 0 Å². The molecule has 30 heavy (non-hydrogen) atoms. The van der Waals surface area contributed by atoms with Crippen molar-refractivity contribution in [3.63, 3.8) is 0 Å². The standard InChI is InChI=1S/C25H23N5/c1-14-8-9-16-6-4-5-7-19(16)22(14)20-12-18(24-15(2)28-29-30(24)3)13-21-23(20)27-25(26-21)17-10-11-17/h4-9,12-13,17H,10-11H2,1-3H3,(H,26,27). The van der Waals surface area contributed by atoms with Gasteiger partial charge in [0.05, 0.1) is 22.4 Å². The van der Waals surface area contributed by atoms with E-state index in [1.165, 1.54) is 40.3 Å². The van der Waals surface area contributed by atoms with Crippen LogP contribution in [0.25, 0.3) is 44.2 Å². The van der Waals surface area contributed by atoms with E-state index in [1.807, 2.05) is 18.7 Å². The predicted octanol–water partition coefficient (Wildman–Crippen LogP) is 5.67. The first-order valence-electron chi connectivity index (χ1n) is 10.5. The first-order chi connectivity index (χ1) is 14.6. The van der Waals surface area contributed by atoms with Crippen molar-refractivity contribution in [2.24, 2.45) is 7.05 Å². The van der Waals surface area contributed by atoms with Gasteiger partial charge in [0.2, 0.25) is 0 Å². The van der Waals surface area contributed by atoms with Crippen molar-refractivity contribution in [3.05, 3.63) is 65.6 Å². The lowest BCUT2D eigenvalue weighted by Gasteiger charge is -2.14. The average molecular weight is 393 g/mol. The number of aromatic nitrogens is 5.